The summed E-state index contributed by atoms with van der Waals surface area (Å²) in [6, 6.07) is 6.50. The van der Waals surface area contributed by atoms with Crippen molar-refractivity contribution in [3.05, 3.63) is 29.8 Å². The lowest BCUT2D eigenvalue weighted by atomic mass is 10.0. The summed E-state index contributed by atoms with van der Waals surface area (Å²) in [5.74, 6) is 0. The molecule has 0 aliphatic heterocycles. The van der Waals surface area contributed by atoms with Crippen LogP contribution in [-0.4, -0.2) is 19.9 Å². The first-order valence-corrected chi connectivity index (χ1v) is 7.11. The quantitative estimate of drug-likeness (QED) is 0.774. The molecule has 1 rings (SSSR count). The first kappa shape index (κ1) is 13.0. The van der Waals surface area contributed by atoms with Crippen molar-refractivity contribution < 1.29 is 8.42 Å². The molecule has 0 aliphatic carbocycles. The fourth-order valence-corrected chi connectivity index (χ4v) is 3.05. The van der Waals surface area contributed by atoms with E-state index in [4.69, 9.17) is 11.5 Å². The minimum Gasteiger partial charge on any atom is -0.399 e. The molecule has 0 aliphatic rings. The third-order valence-corrected chi connectivity index (χ3v) is 4.40. The van der Waals surface area contributed by atoms with Gasteiger partial charge in [0.2, 0.25) is 0 Å². The van der Waals surface area contributed by atoms with Crippen LogP contribution in [0.5, 0.6) is 0 Å². The van der Waals surface area contributed by atoms with Crippen LogP contribution in [-0.2, 0) is 9.84 Å². The largest absolute Gasteiger partial charge is 0.399 e. The van der Waals surface area contributed by atoms with Gasteiger partial charge in [0.1, 0.15) is 0 Å². The van der Waals surface area contributed by atoms with E-state index in [0.29, 0.717) is 12.1 Å². The summed E-state index contributed by atoms with van der Waals surface area (Å²) in [5.41, 5.74) is 13.0. The maximum atomic E-state index is 11.5. The van der Waals surface area contributed by atoms with E-state index in [1.54, 1.807) is 24.3 Å². The van der Waals surface area contributed by atoms with Crippen molar-refractivity contribution in [2.45, 2.75) is 24.6 Å². The molecule has 0 spiro atoms. The van der Waals surface area contributed by atoms with E-state index in [1.807, 2.05) is 6.92 Å². The molecule has 0 amide bonds. The van der Waals surface area contributed by atoms with Gasteiger partial charge in [0, 0.05) is 18.0 Å². The van der Waals surface area contributed by atoms with Crippen LogP contribution in [0.25, 0.3) is 0 Å². The Kier molecular flexibility index (Phi) is 3.93. The zero-order valence-corrected chi connectivity index (χ0v) is 10.4. The van der Waals surface area contributed by atoms with E-state index >= 15 is 0 Å². The van der Waals surface area contributed by atoms with E-state index in [0.717, 1.165) is 5.56 Å². The van der Waals surface area contributed by atoms with Crippen molar-refractivity contribution in [2.24, 2.45) is 5.73 Å². The van der Waals surface area contributed by atoms with E-state index in [1.165, 1.54) is 6.26 Å². The number of benzene rings is 1. The molecule has 0 bridgehead atoms. The van der Waals surface area contributed by atoms with Gasteiger partial charge in [-0.2, -0.15) is 0 Å². The van der Waals surface area contributed by atoms with Gasteiger partial charge in [-0.15, -0.1) is 0 Å². The first-order valence-electron chi connectivity index (χ1n) is 5.16. The van der Waals surface area contributed by atoms with Crippen molar-refractivity contribution in [1.82, 2.24) is 0 Å². The lowest BCUT2D eigenvalue weighted by Gasteiger charge is -2.21. The van der Waals surface area contributed by atoms with Crippen LogP contribution in [0.4, 0.5) is 5.69 Å². The van der Waals surface area contributed by atoms with E-state index in [9.17, 15) is 8.42 Å². The predicted molar refractivity (Wildman–Crippen MR) is 66.7 cm³/mol. The van der Waals surface area contributed by atoms with Crippen LogP contribution >= 0.6 is 0 Å². The number of rotatable bonds is 4. The van der Waals surface area contributed by atoms with Gasteiger partial charge < -0.3 is 11.5 Å². The third-order valence-electron chi connectivity index (χ3n) is 2.67. The summed E-state index contributed by atoms with van der Waals surface area (Å²) in [5, 5.41) is -0.545. The molecule has 4 N–H and O–H groups in total. The molecule has 90 valence electrons. The summed E-state index contributed by atoms with van der Waals surface area (Å²) in [6.07, 6.45) is 1.72. The maximum absolute atomic E-state index is 11.5. The summed E-state index contributed by atoms with van der Waals surface area (Å²) in [7, 11) is -3.13. The van der Waals surface area contributed by atoms with Crippen LogP contribution < -0.4 is 11.5 Å². The molecule has 0 radical (unpaired) electrons. The Hall–Kier alpha value is -1.07. The molecule has 16 heavy (non-hydrogen) atoms. The number of sulfone groups is 1. The fraction of sp³-hybridized carbons (Fsp3) is 0.455. The lowest BCUT2D eigenvalue weighted by Crippen LogP contribution is -2.32. The van der Waals surface area contributed by atoms with Crippen LogP contribution in [0, 0.1) is 0 Å². The Balaban J connectivity index is 3.00. The summed E-state index contributed by atoms with van der Waals surface area (Å²) < 4.78 is 23.1. The molecule has 0 fully saturated rings. The van der Waals surface area contributed by atoms with E-state index < -0.39 is 21.1 Å². The highest BCUT2D eigenvalue weighted by Crippen LogP contribution is 2.22. The van der Waals surface area contributed by atoms with Gasteiger partial charge in [-0.1, -0.05) is 19.1 Å². The minimum atomic E-state index is -3.13. The second kappa shape index (κ2) is 4.84. The molecule has 0 saturated heterocycles. The molecule has 0 heterocycles. The van der Waals surface area contributed by atoms with Crippen molar-refractivity contribution in [1.29, 1.82) is 0 Å². The van der Waals surface area contributed by atoms with Gasteiger partial charge in [0.15, 0.2) is 9.84 Å². The normalized spacial score (nSPS) is 15.7. The van der Waals surface area contributed by atoms with Crippen LogP contribution in [0.3, 0.4) is 0 Å². The lowest BCUT2D eigenvalue weighted by molar-refractivity contribution is 0.553. The second-order valence-corrected chi connectivity index (χ2v) is 6.23. The molecule has 5 heteroatoms. The molecular weight excluding hydrogens is 224 g/mol. The van der Waals surface area contributed by atoms with Crippen molar-refractivity contribution in [2.75, 3.05) is 12.0 Å². The molecule has 2 atom stereocenters. The molecule has 1 aromatic carbocycles. The first-order chi connectivity index (χ1) is 7.36. The standard InChI is InChI=1S/C11H18N2O2S/c1-3-10(16(2,14)15)11(13)8-4-6-9(12)7-5-8/h4-7,10-11H,3,12-13H2,1-2H3/t10-,11+/m0/s1. The van der Waals surface area contributed by atoms with Crippen LogP contribution in [0.1, 0.15) is 24.9 Å². The van der Waals surface area contributed by atoms with Gasteiger partial charge in [0.05, 0.1) is 5.25 Å². The minimum absolute atomic E-state index is 0.499. The smallest absolute Gasteiger partial charge is 0.152 e. The SMILES string of the molecule is CC[C@@H]([C@H](N)c1ccc(N)cc1)S(C)(=O)=O. The number of hydrogen-bond donors (Lipinski definition) is 2. The predicted octanol–water partition coefficient (Wildman–Crippen LogP) is 1.09. The van der Waals surface area contributed by atoms with Gasteiger partial charge in [-0.25, -0.2) is 8.42 Å². The van der Waals surface area contributed by atoms with Gasteiger partial charge in [-0.05, 0) is 24.1 Å². The summed E-state index contributed by atoms with van der Waals surface area (Å²) in [6.45, 7) is 1.82. The zero-order valence-electron chi connectivity index (χ0n) is 9.55. The zero-order chi connectivity index (χ0) is 12.3. The average molecular weight is 242 g/mol. The number of nitrogen functional groups attached to an aromatic ring is 1. The monoisotopic (exact) mass is 242 g/mol. The Morgan fingerprint density at radius 3 is 2.12 bits per heavy atom. The van der Waals surface area contributed by atoms with Crippen LogP contribution in [0.15, 0.2) is 24.3 Å². The van der Waals surface area contributed by atoms with Gasteiger partial charge in [0.25, 0.3) is 0 Å². The topological polar surface area (TPSA) is 86.2 Å². The fourth-order valence-electron chi connectivity index (χ4n) is 1.76. The number of nitrogens with two attached hydrogens (primary N) is 2. The highest BCUT2D eigenvalue weighted by molar-refractivity contribution is 7.91. The second-order valence-electron chi connectivity index (χ2n) is 3.97. The molecule has 4 nitrogen and oxygen atoms in total. The van der Waals surface area contributed by atoms with Crippen LogP contribution in [0.2, 0.25) is 0 Å². The Labute approximate surface area is 96.6 Å². The molecule has 1 aromatic rings. The molecule has 0 aromatic heterocycles. The highest BCUT2D eigenvalue weighted by Gasteiger charge is 2.26. The summed E-state index contributed by atoms with van der Waals surface area (Å²) >= 11 is 0. The molecule has 0 saturated carbocycles. The van der Waals surface area contributed by atoms with Gasteiger partial charge >= 0.3 is 0 Å². The number of anilines is 1. The maximum Gasteiger partial charge on any atom is 0.152 e. The summed E-state index contributed by atoms with van der Waals surface area (Å²) in [4.78, 5) is 0. The van der Waals surface area contributed by atoms with Crippen molar-refractivity contribution in [3.63, 3.8) is 0 Å². The van der Waals surface area contributed by atoms with Gasteiger partial charge in [-0.3, -0.25) is 0 Å². The van der Waals surface area contributed by atoms with Crippen molar-refractivity contribution in [3.8, 4) is 0 Å². The third kappa shape index (κ3) is 2.96. The van der Waals surface area contributed by atoms with E-state index in [2.05, 4.69) is 0 Å². The highest BCUT2D eigenvalue weighted by atomic mass is 32.2. The Morgan fingerprint density at radius 2 is 1.75 bits per heavy atom. The molecular formula is C11H18N2O2S. The van der Waals surface area contributed by atoms with Crippen molar-refractivity contribution >= 4 is 15.5 Å². The molecule has 0 unspecified atom stereocenters. The Morgan fingerprint density at radius 1 is 1.25 bits per heavy atom. The average Bonchev–Trinajstić information content (AvgIpc) is 2.17. The Bertz CT molecular complexity index is 440. The number of hydrogen-bond acceptors (Lipinski definition) is 4. The van der Waals surface area contributed by atoms with E-state index in [-0.39, 0.29) is 0 Å².